The molecule has 0 aromatic heterocycles. The number of fused-ring (bicyclic) bond motifs is 7. The fourth-order valence-corrected chi connectivity index (χ4v) is 7.91. The number of allylic oxidation sites excluding steroid dienone is 2. The Morgan fingerprint density at radius 3 is 2.74 bits per heavy atom. The summed E-state index contributed by atoms with van der Waals surface area (Å²) in [6.45, 7) is 0. The molecule has 0 saturated heterocycles. The van der Waals surface area contributed by atoms with Crippen LogP contribution >= 0.6 is 0 Å². The van der Waals surface area contributed by atoms with Crippen molar-refractivity contribution < 1.29 is 0 Å². The van der Waals surface area contributed by atoms with Gasteiger partial charge in [-0.3, -0.25) is 0 Å². The van der Waals surface area contributed by atoms with Crippen LogP contribution in [0.3, 0.4) is 0 Å². The molecule has 0 spiro atoms. The van der Waals surface area contributed by atoms with Crippen molar-refractivity contribution in [1.82, 2.24) is 0 Å². The molecule has 7 rings (SSSR count). The van der Waals surface area contributed by atoms with Crippen LogP contribution in [0.1, 0.15) is 38.5 Å². The lowest BCUT2D eigenvalue weighted by Gasteiger charge is -2.64. The van der Waals surface area contributed by atoms with Crippen molar-refractivity contribution in [3.05, 3.63) is 11.1 Å². The van der Waals surface area contributed by atoms with Crippen LogP contribution in [-0.4, -0.2) is 0 Å². The van der Waals surface area contributed by atoms with Crippen molar-refractivity contribution in [3.8, 4) is 6.07 Å². The van der Waals surface area contributed by atoms with Crippen LogP contribution in [-0.2, 0) is 0 Å². The molecule has 1 heteroatoms. The summed E-state index contributed by atoms with van der Waals surface area (Å²) in [7, 11) is 0. The molecular formula is C18H21N. The van der Waals surface area contributed by atoms with E-state index in [1.54, 1.807) is 0 Å². The zero-order valence-electron chi connectivity index (χ0n) is 11.4. The fourth-order valence-electron chi connectivity index (χ4n) is 7.91. The van der Waals surface area contributed by atoms with Crippen molar-refractivity contribution in [2.45, 2.75) is 38.5 Å². The van der Waals surface area contributed by atoms with Gasteiger partial charge in [-0.1, -0.05) is 11.1 Å². The van der Waals surface area contributed by atoms with Crippen molar-refractivity contribution in [3.63, 3.8) is 0 Å². The van der Waals surface area contributed by atoms with Crippen molar-refractivity contribution >= 4 is 0 Å². The van der Waals surface area contributed by atoms with E-state index in [0.717, 1.165) is 47.3 Å². The maximum atomic E-state index is 9.45. The summed E-state index contributed by atoms with van der Waals surface area (Å²) in [4.78, 5) is 0. The zero-order valence-corrected chi connectivity index (χ0v) is 11.4. The molecule has 7 aliphatic rings. The monoisotopic (exact) mass is 251 g/mol. The third-order valence-corrected chi connectivity index (χ3v) is 8.25. The summed E-state index contributed by atoms with van der Waals surface area (Å²) in [5.41, 5.74) is 3.94. The molecule has 0 heterocycles. The first-order valence-corrected chi connectivity index (χ1v) is 8.49. The molecule has 0 amide bonds. The second-order valence-corrected chi connectivity index (χ2v) is 8.37. The second-order valence-electron chi connectivity index (χ2n) is 8.37. The quantitative estimate of drug-likeness (QED) is 0.601. The maximum Gasteiger partial charge on any atom is 0.0658 e. The Hall–Kier alpha value is -0.770. The number of hydrogen-bond donors (Lipinski definition) is 0. The fraction of sp³-hybridized carbons (Fsp3) is 0.833. The molecule has 0 aliphatic heterocycles. The van der Waals surface area contributed by atoms with Gasteiger partial charge in [-0.05, 0) is 85.9 Å². The Labute approximate surface area is 115 Å². The van der Waals surface area contributed by atoms with Gasteiger partial charge in [0.15, 0.2) is 0 Å². The van der Waals surface area contributed by atoms with E-state index >= 15 is 0 Å². The highest BCUT2D eigenvalue weighted by atomic mass is 14.7. The van der Waals surface area contributed by atoms with Gasteiger partial charge >= 0.3 is 0 Å². The van der Waals surface area contributed by atoms with E-state index in [0.29, 0.717) is 5.92 Å². The SMILES string of the molecule is N#CC1CC2CC1C1C3CC4CCC3C3=C(CC34)C21. The standard InChI is InChI=1S/C18H21N/c19-7-10-3-9-5-12(10)18-14-4-8-1-2-11(14)17-13(8)6-15(17)16(9)18/h8-14,16,18H,1-6H2. The Kier molecular flexibility index (Phi) is 1.56. The first-order chi connectivity index (χ1) is 9.36. The van der Waals surface area contributed by atoms with E-state index in [4.69, 9.17) is 0 Å². The smallest absolute Gasteiger partial charge is 0.0658 e. The number of rotatable bonds is 0. The van der Waals surface area contributed by atoms with Crippen LogP contribution in [0.2, 0.25) is 0 Å². The van der Waals surface area contributed by atoms with Crippen LogP contribution in [0.25, 0.3) is 0 Å². The van der Waals surface area contributed by atoms with Crippen molar-refractivity contribution in [2.24, 2.45) is 53.3 Å². The molecular weight excluding hydrogens is 230 g/mol. The van der Waals surface area contributed by atoms with Crippen molar-refractivity contribution in [2.75, 3.05) is 0 Å². The van der Waals surface area contributed by atoms with Crippen LogP contribution in [0.4, 0.5) is 0 Å². The summed E-state index contributed by atoms with van der Waals surface area (Å²) in [5, 5.41) is 9.45. The lowest BCUT2D eigenvalue weighted by atomic mass is 9.41. The average molecular weight is 251 g/mol. The van der Waals surface area contributed by atoms with Crippen LogP contribution in [0.15, 0.2) is 11.1 Å². The highest BCUT2D eigenvalue weighted by Crippen LogP contribution is 2.73. The van der Waals surface area contributed by atoms with E-state index in [1.165, 1.54) is 38.5 Å². The van der Waals surface area contributed by atoms with E-state index in [1.807, 2.05) is 11.1 Å². The normalized spacial score (nSPS) is 62.8. The Bertz CT molecular complexity index is 553. The van der Waals surface area contributed by atoms with Gasteiger partial charge in [-0.2, -0.15) is 5.26 Å². The minimum absolute atomic E-state index is 0.421. The molecule has 6 bridgehead atoms. The minimum atomic E-state index is 0.421. The van der Waals surface area contributed by atoms with E-state index in [2.05, 4.69) is 6.07 Å². The topological polar surface area (TPSA) is 23.8 Å². The summed E-state index contributed by atoms with van der Waals surface area (Å²) >= 11 is 0. The van der Waals surface area contributed by atoms with Crippen LogP contribution in [0.5, 0.6) is 0 Å². The molecule has 5 fully saturated rings. The molecule has 1 nitrogen and oxygen atoms in total. The molecule has 5 saturated carbocycles. The zero-order chi connectivity index (χ0) is 12.3. The lowest BCUT2D eigenvalue weighted by molar-refractivity contribution is -0.0292. The molecule has 0 radical (unpaired) electrons. The second kappa shape index (κ2) is 2.95. The Morgan fingerprint density at radius 1 is 0.947 bits per heavy atom. The maximum absolute atomic E-state index is 9.45. The van der Waals surface area contributed by atoms with E-state index in [9.17, 15) is 5.26 Å². The van der Waals surface area contributed by atoms with Crippen LogP contribution in [0, 0.1) is 64.6 Å². The summed E-state index contributed by atoms with van der Waals surface area (Å²) in [5.74, 6) is 8.10. The third kappa shape index (κ3) is 0.911. The molecule has 0 aromatic rings. The van der Waals surface area contributed by atoms with Crippen molar-refractivity contribution in [1.29, 1.82) is 5.26 Å². The van der Waals surface area contributed by atoms with Crippen LogP contribution < -0.4 is 0 Å². The summed E-state index contributed by atoms with van der Waals surface area (Å²) in [6.07, 6.45) is 8.69. The number of hydrogen-bond acceptors (Lipinski definition) is 1. The van der Waals surface area contributed by atoms with Gasteiger partial charge in [0.1, 0.15) is 0 Å². The number of nitrogens with zero attached hydrogens (tertiary/aromatic N) is 1. The van der Waals surface area contributed by atoms with Gasteiger partial charge in [0.2, 0.25) is 0 Å². The molecule has 9 unspecified atom stereocenters. The third-order valence-electron chi connectivity index (χ3n) is 8.25. The predicted molar refractivity (Wildman–Crippen MR) is 71.8 cm³/mol. The first kappa shape index (κ1) is 10.0. The minimum Gasteiger partial charge on any atom is -0.198 e. The number of nitriles is 1. The van der Waals surface area contributed by atoms with Gasteiger partial charge in [-0.15, -0.1) is 0 Å². The lowest BCUT2D eigenvalue weighted by Crippen LogP contribution is -2.55. The Balaban J connectivity index is 1.53. The molecule has 19 heavy (non-hydrogen) atoms. The molecule has 7 aliphatic carbocycles. The predicted octanol–water partition coefficient (Wildman–Crippen LogP) is 3.77. The largest absolute Gasteiger partial charge is 0.198 e. The van der Waals surface area contributed by atoms with Gasteiger partial charge in [0, 0.05) is 5.92 Å². The van der Waals surface area contributed by atoms with Gasteiger partial charge in [0.25, 0.3) is 0 Å². The Morgan fingerprint density at radius 2 is 1.84 bits per heavy atom. The van der Waals surface area contributed by atoms with Gasteiger partial charge in [-0.25, -0.2) is 0 Å². The van der Waals surface area contributed by atoms with E-state index in [-0.39, 0.29) is 0 Å². The highest BCUT2D eigenvalue weighted by Gasteiger charge is 2.65. The van der Waals surface area contributed by atoms with Gasteiger partial charge < -0.3 is 0 Å². The van der Waals surface area contributed by atoms with Gasteiger partial charge in [0.05, 0.1) is 6.07 Å². The molecule has 0 N–H and O–H groups in total. The first-order valence-electron chi connectivity index (χ1n) is 8.49. The summed E-state index contributed by atoms with van der Waals surface area (Å²) < 4.78 is 0. The molecule has 9 atom stereocenters. The molecule has 98 valence electrons. The summed E-state index contributed by atoms with van der Waals surface area (Å²) in [6, 6.07) is 2.66. The average Bonchev–Trinajstić information content (AvgIpc) is 2.94. The van der Waals surface area contributed by atoms with E-state index < -0.39 is 0 Å². The highest BCUT2D eigenvalue weighted by molar-refractivity contribution is 5.43. The molecule has 0 aromatic carbocycles.